The van der Waals surface area contributed by atoms with E-state index in [1.54, 1.807) is 0 Å². The van der Waals surface area contributed by atoms with Crippen LogP contribution in [0.5, 0.6) is 0 Å². The first-order valence-electron chi connectivity index (χ1n) is 12.6. The molecule has 0 radical (unpaired) electrons. The Kier molecular flexibility index (Phi) is 6.11. The predicted octanol–water partition coefficient (Wildman–Crippen LogP) is 5.47. The highest BCUT2D eigenvalue weighted by Gasteiger charge is 2.62. The topological polar surface area (TPSA) is 74.6 Å². The average molecular weight is 419 g/mol. The lowest BCUT2D eigenvalue weighted by Gasteiger charge is -2.63. The maximum Gasteiger partial charge on any atom is 0.303 e. The van der Waals surface area contributed by atoms with Crippen molar-refractivity contribution in [1.29, 1.82) is 0 Å². The van der Waals surface area contributed by atoms with Gasteiger partial charge in [0.15, 0.2) is 0 Å². The molecule has 2 N–H and O–H groups in total. The third-order valence-electron chi connectivity index (χ3n) is 10.7. The summed E-state index contributed by atoms with van der Waals surface area (Å²) in [6.07, 6.45) is 11.1. The summed E-state index contributed by atoms with van der Waals surface area (Å²) in [5.74, 6) is 3.05. The first-order chi connectivity index (χ1) is 14.2. The largest absolute Gasteiger partial charge is 0.481 e. The summed E-state index contributed by atoms with van der Waals surface area (Å²) in [5.41, 5.74) is 0.283. The van der Waals surface area contributed by atoms with Crippen LogP contribution in [-0.2, 0) is 9.59 Å². The minimum atomic E-state index is -0.710. The highest BCUT2D eigenvalue weighted by Crippen LogP contribution is 2.68. The van der Waals surface area contributed by atoms with Crippen molar-refractivity contribution in [3.63, 3.8) is 0 Å². The van der Waals surface area contributed by atoms with E-state index in [-0.39, 0.29) is 23.4 Å². The van der Waals surface area contributed by atoms with Crippen LogP contribution in [-0.4, -0.2) is 28.1 Å². The Morgan fingerprint density at radius 2 is 1.87 bits per heavy atom. The van der Waals surface area contributed by atoms with Crippen LogP contribution >= 0.6 is 0 Å². The van der Waals surface area contributed by atoms with E-state index in [9.17, 15) is 14.7 Å². The van der Waals surface area contributed by atoms with Crippen LogP contribution in [0, 0.1) is 46.3 Å². The number of hydrogen-bond acceptors (Lipinski definition) is 3. The second-order valence-corrected chi connectivity index (χ2v) is 11.7. The van der Waals surface area contributed by atoms with Crippen molar-refractivity contribution in [2.45, 2.75) is 104 Å². The molecule has 0 saturated heterocycles. The van der Waals surface area contributed by atoms with Crippen molar-refractivity contribution < 1.29 is 19.8 Å². The van der Waals surface area contributed by atoms with Gasteiger partial charge in [-0.1, -0.05) is 27.2 Å². The fourth-order valence-corrected chi connectivity index (χ4v) is 9.05. The predicted molar refractivity (Wildman–Crippen MR) is 117 cm³/mol. The summed E-state index contributed by atoms with van der Waals surface area (Å²) >= 11 is 0. The Bertz CT molecular complexity index is 674. The molecule has 0 heterocycles. The van der Waals surface area contributed by atoms with Crippen LogP contribution in [0.1, 0.15) is 97.8 Å². The van der Waals surface area contributed by atoms with Gasteiger partial charge in [0.1, 0.15) is 5.78 Å². The molecule has 4 saturated carbocycles. The molecule has 0 aromatic carbocycles. The molecule has 4 nitrogen and oxygen atoms in total. The molecule has 0 amide bonds. The molecule has 3 unspecified atom stereocenters. The van der Waals surface area contributed by atoms with E-state index in [2.05, 4.69) is 20.8 Å². The van der Waals surface area contributed by atoms with Gasteiger partial charge in [-0.2, -0.15) is 0 Å². The number of aliphatic carboxylic acids is 1. The van der Waals surface area contributed by atoms with Gasteiger partial charge in [0.05, 0.1) is 6.10 Å². The number of fused-ring (bicyclic) bond motifs is 5. The molecule has 0 aromatic rings. The number of aliphatic hydroxyl groups is 1. The van der Waals surface area contributed by atoms with Crippen molar-refractivity contribution in [2.75, 3.05) is 0 Å². The van der Waals surface area contributed by atoms with Crippen LogP contribution in [0.25, 0.3) is 0 Å². The average Bonchev–Trinajstić information content (AvgIpc) is 3.00. The summed E-state index contributed by atoms with van der Waals surface area (Å²) < 4.78 is 0. The van der Waals surface area contributed by atoms with Crippen LogP contribution in [0.3, 0.4) is 0 Å². The Morgan fingerprint density at radius 3 is 2.57 bits per heavy atom. The number of rotatable bonds is 6. The number of carbonyl (C=O) groups is 2. The molecule has 4 aliphatic carbocycles. The fraction of sp³-hybridized carbons (Fsp3) is 0.923. The van der Waals surface area contributed by atoms with E-state index in [0.29, 0.717) is 47.7 Å². The molecule has 170 valence electrons. The first-order valence-corrected chi connectivity index (χ1v) is 12.6. The minimum Gasteiger partial charge on any atom is -0.481 e. The second kappa shape index (κ2) is 8.22. The minimum absolute atomic E-state index is 0.0932. The Hall–Kier alpha value is -0.900. The molecular formula is C26H42O4. The van der Waals surface area contributed by atoms with Crippen molar-refractivity contribution in [3.05, 3.63) is 0 Å². The van der Waals surface area contributed by atoms with E-state index >= 15 is 0 Å². The first kappa shape index (κ1) is 22.3. The lowest BCUT2D eigenvalue weighted by atomic mass is 9.41. The highest BCUT2D eigenvalue weighted by atomic mass is 16.4. The maximum absolute atomic E-state index is 12.8. The summed E-state index contributed by atoms with van der Waals surface area (Å²) in [4.78, 5) is 23.8. The van der Waals surface area contributed by atoms with E-state index in [0.717, 1.165) is 44.9 Å². The van der Waals surface area contributed by atoms with E-state index in [1.165, 1.54) is 19.3 Å². The number of carboxylic acid groups (broad SMARTS) is 1. The number of carboxylic acids is 1. The molecular weight excluding hydrogens is 376 g/mol. The third kappa shape index (κ3) is 3.45. The number of hydrogen-bond donors (Lipinski definition) is 2. The SMILES string of the molecule is CCC(CCCC(=O)O)C1CC(=O)CC2CC[C@@H]3[C@H](CC[C@]4(C)[C@@H](O)CC[C@@H]34)[C@]21C. The summed E-state index contributed by atoms with van der Waals surface area (Å²) in [7, 11) is 0. The molecule has 0 aromatic heterocycles. The molecule has 4 heteroatoms. The number of ketones is 1. The normalized spacial score (nSPS) is 46.6. The lowest BCUT2D eigenvalue weighted by molar-refractivity contribution is -0.165. The number of Topliss-reactive ketones (excluding diaryl/α,β-unsaturated/α-hetero) is 1. The van der Waals surface area contributed by atoms with Gasteiger partial charge in [0.25, 0.3) is 0 Å². The zero-order chi connectivity index (χ0) is 21.7. The van der Waals surface area contributed by atoms with Crippen molar-refractivity contribution in [3.8, 4) is 0 Å². The Balaban J connectivity index is 1.62. The highest BCUT2D eigenvalue weighted by molar-refractivity contribution is 5.80. The van der Waals surface area contributed by atoms with Gasteiger partial charge in [-0.25, -0.2) is 0 Å². The smallest absolute Gasteiger partial charge is 0.303 e. The van der Waals surface area contributed by atoms with Crippen LogP contribution < -0.4 is 0 Å². The summed E-state index contributed by atoms with van der Waals surface area (Å²) in [6, 6.07) is 0. The van der Waals surface area contributed by atoms with Crippen molar-refractivity contribution >= 4 is 11.8 Å². The molecule has 4 fully saturated rings. The summed E-state index contributed by atoms with van der Waals surface area (Å²) in [5, 5.41) is 19.8. The van der Waals surface area contributed by atoms with Gasteiger partial charge in [-0.3, -0.25) is 9.59 Å². The van der Waals surface area contributed by atoms with Crippen molar-refractivity contribution in [1.82, 2.24) is 0 Å². The van der Waals surface area contributed by atoms with E-state index in [1.807, 2.05) is 0 Å². The van der Waals surface area contributed by atoms with Gasteiger partial charge in [0, 0.05) is 19.3 Å². The van der Waals surface area contributed by atoms with Gasteiger partial charge >= 0.3 is 5.97 Å². The van der Waals surface area contributed by atoms with Crippen LogP contribution in [0.4, 0.5) is 0 Å². The van der Waals surface area contributed by atoms with Crippen molar-refractivity contribution in [2.24, 2.45) is 46.3 Å². The Morgan fingerprint density at radius 1 is 1.10 bits per heavy atom. The van der Waals surface area contributed by atoms with E-state index in [4.69, 9.17) is 5.11 Å². The zero-order valence-electron chi connectivity index (χ0n) is 19.2. The lowest BCUT2D eigenvalue weighted by Crippen LogP contribution is -2.58. The second-order valence-electron chi connectivity index (χ2n) is 11.7. The quantitative estimate of drug-likeness (QED) is 0.600. The van der Waals surface area contributed by atoms with E-state index < -0.39 is 5.97 Å². The molecule has 0 spiro atoms. The molecule has 9 atom stereocenters. The monoisotopic (exact) mass is 418 g/mol. The van der Waals surface area contributed by atoms with Crippen LogP contribution in [0.2, 0.25) is 0 Å². The molecule has 0 bridgehead atoms. The van der Waals surface area contributed by atoms with Gasteiger partial charge in [-0.05, 0) is 97.7 Å². The summed E-state index contributed by atoms with van der Waals surface area (Å²) in [6.45, 7) is 7.08. The molecule has 30 heavy (non-hydrogen) atoms. The third-order valence-corrected chi connectivity index (χ3v) is 10.7. The van der Waals surface area contributed by atoms with Gasteiger partial charge < -0.3 is 10.2 Å². The zero-order valence-corrected chi connectivity index (χ0v) is 19.2. The van der Waals surface area contributed by atoms with Crippen LogP contribution in [0.15, 0.2) is 0 Å². The van der Waals surface area contributed by atoms with Gasteiger partial charge in [0.2, 0.25) is 0 Å². The number of carbonyl (C=O) groups excluding carboxylic acids is 1. The standard InChI is InChI=1S/C26H42O4/c1-4-16(6-5-7-24(29)30)22-15-18(27)14-17-8-9-19-20-10-11-23(28)25(20,2)13-12-21(19)26(17,22)3/h16-17,19-23,28H,4-15H2,1-3H3,(H,29,30)/t16?,17?,19-,20-,21-,22?,23-,25-,26-/m0/s1. The molecule has 4 rings (SSSR count). The maximum atomic E-state index is 12.8. The molecule has 0 aliphatic heterocycles. The Labute approximate surface area is 182 Å². The number of aliphatic hydroxyl groups excluding tert-OH is 1. The molecule has 4 aliphatic rings. The van der Waals surface area contributed by atoms with Gasteiger partial charge in [-0.15, -0.1) is 0 Å². The fourth-order valence-electron chi connectivity index (χ4n) is 9.05.